The van der Waals surface area contributed by atoms with Crippen molar-refractivity contribution in [3.05, 3.63) is 59.7 Å². The van der Waals surface area contributed by atoms with Gasteiger partial charge in [-0.3, -0.25) is 4.68 Å². The van der Waals surface area contributed by atoms with Crippen molar-refractivity contribution in [2.75, 3.05) is 12.4 Å². The molecular formula is C22H24N2O2. The summed E-state index contributed by atoms with van der Waals surface area (Å²) in [6, 6.07) is 16.1. The van der Waals surface area contributed by atoms with Gasteiger partial charge in [-0.25, -0.2) is 4.79 Å². The van der Waals surface area contributed by atoms with Crippen LogP contribution in [0.4, 0.5) is 0 Å². The van der Waals surface area contributed by atoms with Crippen molar-refractivity contribution in [1.29, 1.82) is 0 Å². The van der Waals surface area contributed by atoms with Crippen LogP contribution in [0.15, 0.2) is 48.5 Å². The summed E-state index contributed by atoms with van der Waals surface area (Å²) in [6.45, 7) is 2.21. The van der Waals surface area contributed by atoms with E-state index in [2.05, 4.69) is 18.2 Å². The number of hydrogen-bond donors (Lipinski definition) is 1. The van der Waals surface area contributed by atoms with Crippen LogP contribution in [0.5, 0.6) is 0 Å². The maximum atomic E-state index is 12.4. The molecule has 2 N–H and O–H groups in total. The van der Waals surface area contributed by atoms with Crippen molar-refractivity contribution in [2.24, 2.45) is 0 Å². The Hall–Kier alpha value is -2.75. The second-order valence-corrected chi connectivity index (χ2v) is 6.97. The Bertz CT molecular complexity index is 938. The molecule has 2 aromatic carbocycles. The van der Waals surface area contributed by atoms with Gasteiger partial charge in [-0.2, -0.15) is 0 Å². The lowest BCUT2D eigenvalue weighted by atomic mass is 9.93. The van der Waals surface area contributed by atoms with E-state index in [4.69, 9.17) is 10.6 Å². The minimum Gasteiger partial charge on any atom is -0.462 e. The summed E-state index contributed by atoms with van der Waals surface area (Å²) in [5, 5.41) is 0.999. The number of carbonyl (C=O) groups excluding carboxylic acids is 1. The van der Waals surface area contributed by atoms with Crippen LogP contribution >= 0.6 is 0 Å². The smallest absolute Gasteiger partial charge is 0.338 e. The lowest BCUT2D eigenvalue weighted by molar-refractivity contribution is 0.0526. The highest BCUT2D eigenvalue weighted by Crippen LogP contribution is 2.40. The van der Waals surface area contributed by atoms with Gasteiger partial charge in [-0.1, -0.05) is 43.2 Å². The molecule has 134 valence electrons. The number of nitrogens with two attached hydrogens (primary N) is 1. The summed E-state index contributed by atoms with van der Waals surface area (Å²) in [7, 11) is 0. The average Bonchev–Trinajstić information content (AvgIpc) is 3.30. The fourth-order valence-electron chi connectivity index (χ4n) is 4.12. The van der Waals surface area contributed by atoms with E-state index in [0.29, 0.717) is 18.1 Å². The van der Waals surface area contributed by atoms with Crippen LogP contribution in [0, 0.1) is 0 Å². The maximum absolute atomic E-state index is 12.4. The second kappa shape index (κ2) is 6.87. The molecule has 0 unspecified atom stereocenters. The number of carbonyl (C=O) groups is 1. The number of benzene rings is 2. The summed E-state index contributed by atoms with van der Waals surface area (Å²) in [6.07, 6.45) is 4.75. The standard InChI is InChI=1S/C22H24N2O2/c1-2-26-22(25)18-12-17-14-20(16-10-4-3-5-11-16)24(23)21(17)19(13-18)15-8-6-7-9-15/h3-5,10-15H,2,6-9,23H2,1H3. The van der Waals surface area contributed by atoms with Gasteiger partial charge >= 0.3 is 5.97 Å². The zero-order valence-corrected chi connectivity index (χ0v) is 15.1. The zero-order chi connectivity index (χ0) is 18.1. The molecule has 4 rings (SSSR count). The predicted octanol–water partition coefficient (Wildman–Crippen LogP) is 4.86. The van der Waals surface area contributed by atoms with Crippen LogP contribution in [0.1, 0.15) is 54.4 Å². The Kier molecular flexibility index (Phi) is 4.41. The molecule has 0 bridgehead atoms. The quantitative estimate of drug-likeness (QED) is 0.541. The summed E-state index contributed by atoms with van der Waals surface area (Å²) in [5.74, 6) is 6.71. The van der Waals surface area contributed by atoms with Gasteiger partial charge in [0, 0.05) is 10.9 Å². The van der Waals surface area contributed by atoms with Crippen LogP contribution in [0.2, 0.25) is 0 Å². The topological polar surface area (TPSA) is 57.2 Å². The maximum Gasteiger partial charge on any atom is 0.338 e. The Labute approximate surface area is 153 Å². The van der Waals surface area contributed by atoms with Gasteiger partial charge in [-0.15, -0.1) is 0 Å². The highest BCUT2D eigenvalue weighted by Gasteiger charge is 2.24. The largest absolute Gasteiger partial charge is 0.462 e. The molecule has 1 aliphatic rings. The Morgan fingerprint density at radius 2 is 1.88 bits per heavy atom. The molecule has 4 heteroatoms. The molecular weight excluding hydrogens is 324 g/mol. The minimum atomic E-state index is -0.264. The molecule has 3 aromatic rings. The molecule has 4 nitrogen and oxygen atoms in total. The van der Waals surface area contributed by atoms with Crippen LogP contribution in [-0.2, 0) is 4.74 Å². The van der Waals surface area contributed by atoms with E-state index in [9.17, 15) is 4.79 Å². The SMILES string of the molecule is CCOC(=O)c1cc(C2CCCC2)c2c(c1)cc(-c1ccccc1)n2N. The van der Waals surface area contributed by atoms with Gasteiger partial charge in [0.25, 0.3) is 0 Å². The molecule has 0 spiro atoms. The molecule has 0 saturated heterocycles. The first kappa shape index (κ1) is 16.7. The molecule has 1 saturated carbocycles. The van der Waals surface area contributed by atoms with Crippen molar-refractivity contribution in [1.82, 2.24) is 4.68 Å². The molecule has 1 aromatic heterocycles. The summed E-state index contributed by atoms with van der Waals surface area (Å²) in [5.41, 5.74) is 4.85. The predicted molar refractivity (Wildman–Crippen MR) is 105 cm³/mol. The van der Waals surface area contributed by atoms with Crippen molar-refractivity contribution in [2.45, 2.75) is 38.5 Å². The lowest BCUT2D eigenvalue weighted by Gasteiger charge is -2.15. The van der Waals surface area contributed by atoms with Crippen LogP contribution < -0.4 is 5.84 Å². The van der Waals surface area contributed by atoms with Crippen LogP contribution in [-0.4, -0.2) is 17.3 Å². The number of aromatic nitrogens is 1. The van der Waals surface area contributed by atoms with Crippen molar-refractivity contribution in [3.63, 3.8) is 0 Å². The fourth-order valence-corrected chi connectivity index (χ4v) is 4.12. The first-order chi connectivity index (χ1) is 12.7. The first-order valence-electron chi connectivity index (χ1n) is 9.36. The number of rotatable bonds is 4. The van der Waals surface area contributed by atoms with Gasteiger partial charge < -0.3 is 10.6 Å². The first-order valence-corrected chi connectivity index (χ1v) is 9.36. The molecule has 0 radical (unpaired) electrons. The molecule has 0 amide bonds. The van der Waals surface area contributed by atoms with Crippen molar-refractivity contribution >= 4 is 16.9 Å². The van der Waals surface area contributed by atoms with Crippen molar-refractivity contribution in [3.8, 4) is 11.3 Å². The monoisotopic (exact) mass is 348 g/mol. The molecule has 1 fully saturated rings. The van der Waals surface area contributed by atoms with E-state index in [1.54, 1.807) is 4.68 Å². The summed E-state index contributed by atoms with van der Waals surface area (Å²) < 4.78 is 7.02. The third-order valence-corrected chi connectivity index (χ3v) is 5.34. The number of ether oxygens (including phenoxy) is 1. The van der Waals surface area contributed by atoms with E-state index in [1.807, 2.05) is 37.3 Å². The highest BCUT2D eigenvalue weighted by atomic mass is 16.5. The third-order valence-electron chi connectivity index (χ3n) is 5.34. The number of nitrogens with zero attached hydrogens (tertiary/aromatic N) is 1. The Morgan fingerprint density at radius 3 is 2.58 bits per heavy atom. The lowest BCUT2D eigenvalue weighted by Crippen LogP contribution is -2.12. The van der Waals surface area contributed by atoms with Crippen molar-refractivity contribution < 1.29 is 9.53 Å². The minimum absolute atomic E-state index is 0.264. The summed E-state index contributed by atoms with van der Waals surface area (Å²) >= 11 is 0. The zero-order valence-electron chi connectivity index (χ0n) is 15.1. The van der Waals surface area contributed by atoms with Gasteiger partial charge in [0.2, 0.25) is 0 Å². The third kappa shape index (κ3) is 2.85. The Balaban J connectivity index is 1.92. The molecule has 0 aliphatic heterocycles. The Morgan fingerprint density at radius 1 is 1.15 bits per heavy atom. The van der Waals surface area contributed by atoms with E-state index < -0.39 is 0 Å². The normalized spacial score (nSPS) is 14.8. The van der Waals surface area contributed by atoms with Gasteiger partial charge in [0.05, 0.1) is 23.4 Å². The van der Waals surface area contributed by atoms with E-state index in [0.717, 1.165) is 35.0 Å². The van der Waals surface area contributed by atoms with E-state index in [-0.39, 0.29) is 5.97 Å². The molecule has 1 aliphatic carbocycles. The highest BCUT2D eigenvalue weighted by molar-refractivity contribution is 5.98. The second-order valence-electron chi connectivity index (χ2n) is 6.97. The van der Waals surface area contributed by atoms with E-state index >= 15 is 0 Å². The average molecular weight is 348 g/mol. The molecule has 1 heterocycles. The van der Waals surface area contributed by atoms with Crippen LogP contribution in [0.3, 0.4) is 0 Å². The number of hydrogen-bond acceptors (Lipinski definition) is 3. The number of fused-ring (bicyclic) bond motifs is 1. The van der Waals surface area contributed by atoms with Gasteiger partial charge in [0.15, 0.2) is 0 Å². The van der Waals surface area contributed by atoms with Crippen LogP contribution in [0.25, 0.3) is 22.2 Å². The van der Waals surface area contributed by atoms with Gasteiger partial charge in [-0.05, 0) is 49.4 Å². The molecule has 0 atom stereocenters. The van der Waals surface area contributed by atoms with Gasteiger partial charge in [0.1, 0.15) is 0 Å². The fraction of sp³-hybridized carbons (Fsp3) is 0.318. The summed E-state index contributed by atoms with van der Waals surface area (Å²) in [4.78, 5) is 12.4. The number of esters is 1. The molecule has 26 heavy (non-hydrogen) atoms. The van der Waals surface area contributed by atoms with E-state index in [1.165, 1.54) is 18.4 Å². The number of nitrogen functional groups attached to an aromatic ring is 1.